The minimum Gasteiger partial charge on any atom is -0.251 e. The summed E-state index contributed by atoms with van der Waals surface area (Å²) in [5.74, 6) is 0. The third-order valence-corrected chi connectivity index (χ3v) is 7.65. The molecule has 2 aromatic heterocycles. The molecule has 8 heteroatoms. The van der Waals surface area contributed by atoms with Crippen molar-refractivity contribution in [2.45, 2.75) is 17.8 Å². The minimum absolute atomic E-state index is 0.285. The number of aromatic nitrogens is 2. The third kappa shape index (κ3) is 5.83. The Morgan fingerprint density at radius 1 is 0.356 bits per heavy atom. The van der Waals surface area contributed by atoms with Crippen molar-refractivity contribution in [3.8, 4) is 22.5 Å². The van der Waals surface area contributed by atoms with Crippen LogP contribution in [-0.4, -0.2) is 9.97 Å². The average molecular weight is 611 g/mol. The monoisotopic (exact) mass is 610 g/mol. The van der Waals surface area contributed by atoms with E-state index in [4.69, 9.17) is 9.97 Å². The predicted molar refractivity (Wildman–Crippen MR) is 161 cm³/mol. The molecule has 0 N–H and O–H groups in total. The first-order chi connectivity index (χ1) is 21.6. The summed E-state index contributed by atoms with van der Waals surface area (Å²) in [6, 6.07) is 39.1. The van der Waals surface area contributed by atoms with Crippen LogP contribution in [0.25, 0.3) is 22.5 Å². The van der Waals surface area contributed by atoms with Gasteiger partial charge in [0.1, 0.15) is 5.41 Å². The molecule has 2 heterocycles. The molecule has 0 aliphatic heterocycles. The molecule has 0 radical (unpaired) electrons. The molecular weight excluding hydrogens is 586 g/mol. The fourth-order valence-corrected chi connectivity index (χ4v) is 5.58. The Morgan fingerprint density at radius 3 is 1.09 bits per heavy atom. The van der Waals surface area contributed by atoms with Crippen molar-refractivity contribution in [2.24, 2.45) is 0 Å². The van der Waals surface area contributed by atoms with Gasteiger partial charge in [-0.25, -0.2) is 0 Å². The molecule has 4 aromatic carbocycles. The van der Waals surface area contributed by atoms with E-state index in [1.54, 1.807) is 48.5 Å². The molecule has 6 aromatic rings. The number of alkyl halides is 6. The van der Waals surface area contributed by atoms with Gasteiger partial charge in [0.2, 0.25) is 0 Å². The molecule has 0 saturated carbocycles. The minimum atomic E-state index is -4.53. The molecule has 2 nitrogen and oxygen atoms in total. The normalized spacial score (nSPS) is 12.2. The van der Waals surface area contributed by atoms with E-state index in [9.17, 15) is 26.3 Å². The topological polar surface area (TPSA) is 25.8 Å². The smallest absolute Gasteiger partial charge is 0.251 e. The number of hydrogen-bond acceptors (Lipinski definition) is 2. The molecule has 45 heavy (non-hydrogen) atoms. The summed E-state index contributed by atoms with van der Waals surface area (Å²) < 4.78 is 81.6. The number of benzene rings is 4. The fourth-order valence-electron chi connectivity index (χ4n) is 5.58. The third-order valence-electron chi connectivity index (χ3n) is 7.65. The van der Waals surface area contributed by atoms with E-state index in [0.717, 1.165) is 35.4 Å². The molecule has 0 spiro atoms. The van der Waals surface area contributed by atoms with Crippen LogP contribution in [-0.2, 0) is 17.8 Å². The maximum Gasteiger partial charge on any atom is 0.416 e. The number of rotatable bonds is 6. The predicted octanol–water partition coefficient (Wildman–Crippen LogP) is 10.2. The zero-order chi connectivity index (χ0) is 31.7. The first kappa shape index (κ1) is 29.8. The molecular formula is C37H24F6N2. The Bertz CT molecular complexity index is 1790. The zero-order valence-corrected chi connectivity index (χ0v) is 23.5. The molecule has 0 bridgehead atoms. The molecule has 0 unspecified atom stereocenters. The molecule has 0 aliphatic rings. The molecule has 6 rings (SSSR count). The van der Waals surface area contributed by atoms with E-state index < -0.39 is 28.9 Å². The molecule has 224 valence electrons. The number of hydrogen-bond donors (Lipinski definition) is 0. The maximum absolute atomic E-state index is 13.6. The van der Waals surface area contributed by atoms with Gasteiger partial charge in [-0.3, -0.25) is 9.97 Å². The summed E-state index contributed by atoms with van der Waals surface area (Å²) in [4.78, 5) is 9.92. The van der Waals surface area contributed by atoms with Gasteiger partial charge in [0.25, 0.3) is 0 Å². The Kier molecular flexibility index (Phi) is 7.74. The zero-order valence-electron chi connectivity index (χ0n) is 23.5. The van der Waals surface area contributed by atoms with Crippen LogP contribution in [0, 0.1) is 0 Å². The summed E-state index contributed by atoms with van der Waals surface area (Å²) in [5.41, 5.74) is 0.911. The Balaban J connectivity index is 1.63. The quantitative estimate of drug-likeness (QED) is 0.175. The van der Waals surface area contributed by atoms with Gasteiger partial charge in [-0.15, -0.1) is 0 Å². The van der Waals surface area contributed by atoms with Crippen LogP contribution in [0.5, 0.6) is 0 Å². The largest absolute Gasteiger partial charge is 0.416 e. The van der Waals surface area contributed by atoms with Gasteiger partial charge in [-0.1, -0.05) is 97.1 Å². The van der Waals surface area contributed by atoms with E-state index >= 15 is 0 Å². The molecule has 0 amide bonds. The van der Waals surface area contributed by atoms with E-state index in [1.165, 1.54) is 12.1 Å². The highest BCUT2D eigenvalue weighted by molar-refractivity contribution is 5.65. The first-order valence-corrected chi connectivity index (χ1v) is 14.0. The second kappa shape index (κ2) is 11.7. The van der Waals surface area contributed by atoms with Crippen molar-refractivity contribution in [2.75, 3.05) is 0 Å². The summed E-state index contributed by atoms with van der Waals surface area (Å²) >= 11 is 0. The fraction of sp³-hybridized carbons (Fsp3) is 0.0811. The highest BCUT2D eigenvalue weighted by Gasteiger charge is 2.41. The lowest BCUT2D eigenvalue weighted by Gasteiger charge is -2.35. The average Bonchev–Trinajstić information content (AvgIpc) is 3.06. The van der Waals surface area contributed by atoms with Crippen molar-refractivity contribution < 1.29 is 26.3 Å². The van der Waals surface area contributed by atoms with Crippen LogP contribution in [0.4, 0.5) is 26.3 Å². The van der Waals surface area contributed by atoms with Crippen LogP contribution in [0.15, 0.2) is 146 Å². The van der Waals surface area contributed by atoms with Gasteiger partial charge in [0, 0.05) is 11.1 Å². The van der Waals surface area contributed by atoms with Crippen molar-refractivity contribution >= 4 is 0 Å². The van der Waals surface area contributed by atoms with Gasteiger partial charge in [-0.2, -0.15) is 26.3 Å². The Morgan fingerprint density at radius 2 is 0.711 bits per heavy atom. The molecule has 0 atom stereocenters. The van der Waals surface area contributed by atoms with Crippen LogP contribution >= 0.6 is 0 Å². The van der Waals surface area contributed by atoms with Gasteiger partial charge in [-0.05, 0) is 59.7 Å². The molecule has 0 aliphatic carbocycles. The van der Waals surface area contributed by atoms with Crippen LogP contribution in [0.3, 0.4) is 0 Å². The van der Waals surface area contributed by atoms with Crippen LogP contribution in [0.1, 0.15) is 33.6 Å². The maximum atomic E-state index is 13.6. The van der Waals surface area contributed by atoms with Crippen LogP contribution in [0.2, 0.25) is 0 Å². The van der Waals surface area contributed by atoms with Crippen LogP contribution < -0.4 is 0 Å². The highest BCUT2D eigenvalue weighted by Crippen LogP contribution is 2.45. The van der Waals surface area contributed by atoms with Crippen molar-refractivity contribution in [3.05, 3.63) is 179 Å². The Hall–Kier alpha value is -5.24. The summed E-state index contributed by atoms with van der Waals surface area (Å²) in [7, 11) is 0. The van der Waals surface area contributed by atoms with E-state index in [0.29, 0.717) is 22.8 Å². The molecule has 0 fully saturated rings. The van der Waals surface area contributed by atoms with E-state index in [2.05, 4.69) is 0 Å². The second-order valence-corrected chi connectivity index (χ2v) is 10.5. The van der Waals surface area contributed by atoms with Gasteiger partial charge in [0.15, 0.2) is 0 Å². The highest BCUT2D eigenvalue weighted by atomic mass is 19.4. The molecule has 0 saturated heterocycles. The van der Waals surface area contributed by atoms with Gasteiger partial charge in [0.05, 0.1) is 33.9 Å². The van der Waals surface area contributed by atoms with Crippen molar-refractivity contribution in [1.82, 2.24) is 9.97 Å². The summed E-state index contributed by atoms with van der Waals surface area (Å²) in [5, 5.41) is 0. The summed E-state index contributed by atoms with van der Waals surface area (Å²) in [6.07, 6.45) is -9.06. The van der Waals surface area contributed by atoms with Gasteiger partial charge >= 0.3 is 12.4 Å². The lowest BCUT2D eigenvalue weighted by atomic mass is 9.69. The second-order valence-electron chi connectivity index (χ2n) is 10.5. The lowest BCUT2D eigenvalue weighted by molar-refractivity contribution is -0.138. The SMILES string of the molecule is FC(F)(F)c1cccc(-c2cccc(C(c3ccccc3)(c3ccccc3)c3cccc(-c4cccc(C(F)(F)F)c4)n3)n2)c1. The van der Waals surface area contributed by atoms with Crippen molar-refractivity contribution in [1.29, 1.82) is 0 Å². The number of pyridine rings is 2. The van der Waals surface area contributed by atoms with E-state index in [1.807, 2.05) is 60.7 Å². The standard InChI is InChI=1S/C37H24F6N2/c38-36(39,40)29-17-7-11-25(23-29)31-19-9-21-33(44-31)35(27-13-3-1-4-14-27,28-15-5-2-6-16-28)34-22-10-20-32(45-34)26-12-8-18-30(24-26)37(41,42)43/h1-24H. The lowest BCUT2D eigenvalue weighted by Crippen LogP contribution is -2.33. The first-order valence-electron chi connectivity index (χ1n) is 14.0. The number of nitrogens with zero attached hydrogens (tertiary/aromatic N) is 2. The van der Waals surface area contributed by atoms with Gasteiger partial charge < -0.3 is 0 Å². The van der Waals surface area contributed by atoms with Crippen molar-refractivity contribution in [3.63, 3.8) is 0 Å². The Labute approximate surface area is 255 Å². The van der Waals surface area contributed by atoms with E-state index in [-0.39, 0.29) is 11.1 Å². The summed E-state index contributed by atoms with van der Waals surface area (Å²) in [6.45, 7) is 0. The number of halogens is 6.